The van der Waals surface area contributed by atoms with Gasteiger partial charge in [-0.25, -0.2) is 0 Å². The zero-order valence-electron chi connectivity index (χ0n) is 19.5. The van der Waals surface area contributed by atoms with Crippen molar-refractivity contribution in [3.05, 3.63) is 82.0 Å². The lowest BCUT2D eigenvalue weighted by atomic mass is 9.87. The van der Waals surface area contributed by atoms with Crippen LogP contribution in [0.2, 0.25) is 0 Å². The Balaban J connectivity index is 1.47. The smallest absolute Gasteiger partial charge is 0.311 e. The number of esters is 1. The third kappa shape index (κ3) is 5.66. The number of rotatable bonds is 7. The van der Waals surface area contributed by atoms with Crippen molar-refractivity contribution in [1.29, 1.82) is 0 Å². The minimum absolute atomic E-state index is 0.0527. The second-order valence-electron chi connectivity index (χ2n) is 8.49. The van der Waals surface area contributed by atoms with Crippen LogP contribution in [0.15, 0.2) is 66.0 Å². The number of nitrogens with zero attached hydrogens (tertiary/aromatic N) is 1. The van der Waals surface area contributed by atoms with Gasteiger partial charge >= 0.3 is 5.97 Å². The summed E-state index contributed by atoms with van der Waals surface area (Å²) in [4.78, 5) is 52.5. The Labute approximate surface area is 207 Å². The normalized spacial score (nSPS) is 17.7. The average molecular weight is 491 g/mol. The van der Waals surface area contributed by atoms with Gasteiger partial charge < -0.3 is 15.0 Å². The monoisotopic (exact) mass is 490 g/mol. The summed E-state index contributed by atoms with van der Waals surface area (Å²) < 4.78 is 5.41. The maximum Gasteiger partial charge on any atom is 0.311 e. The standard InChI is InChI=1S/C27H26N2O5S/c1-17-5-11-21(12-6-17)29-25(32)14-13-22(26(29)23-4-3-15-35-23)27(33)34-16-24(31)28-20-9-7-19(8-10-20)18(2)30/h3-12,15,22,26H,13-14,16H2,1-2H3,(H,28,31)/t22-,26+/m1/s1. The van der Waals surface area contributed by atoms with Crippen LogP contribution in [-0.4, -0.2) is 30.2 Å². The van der Waals surface area contributed by atoms with E-state index in [0.29, 0.717) is 17.7 Å². The Bertz CT molecular complexity index is 1220. The number of aryl methyl sites for hydroxylation is 1. The highest BCUT2D eigenvalue weighted by atomic mass is 32.1. The highest BCUT2D eigenvalue weighted by molar-refractivity contribution is 7.10. The number of piperidine rings is 1. The molecule has 8 heteroatoms. The van der Waals surface area contributed by atoms with Crippen LogP contribution < -0.4 is 10.2 Å². The topological polar surface area (TPSA) is 92.8 Å². The maximum atomic E-state index is 13.1. The predicted molar refractivity (Wildman–Crippen MR) is 134 cm³/mol. The summed E-state index contributed by atoms with van der Waals surface area (Å²) in [7, 11) is 0. The number of hydrogen-bond acceptors (Lipinski definition) is 6. The number of benzene rings is 2. The Hall–Kier alpha value is -3.78. The summed E-state index contributed by atoms with van der Waals surface area (Å²) in [6.45, 7) is 3.00. The SMILES string of the molecule is CC(=O)c1ccc(NC(=O)COC(=O)[C@@H]2CCC(=O)N(c3ccc(C)cc3)[C@@H]2c2cccs2)cc1. The molecular formula is C27H26N2O5S. The highest BCUT2D eigenvalue weighted by Gasteiger charge is 2.43. The zero-order chi connectivity index (χ0) is 24.9. The lowest BCUT2D eigenvalue weighted by Crippen LogP contribution is -2.46. The molecule has 2 atom stereocenters. The Kier molecular flexibility index (Phi) is 7.41. The quantitative estimate of drug-likeness (QED) is 0.375. The molecule has 180 valence electrons. The molecular weight excluding hydrogens is 464 g/mol. The van der Waals surface area contributed by atoms with E-state index in [9.17, 15) is 19.2 Å². The maximum absolute atomic E-state index is 13.1. The number of amides is 2. The van der Waals surface area contributed by atoms with Gasteiger partial charge in [-0.2, -0.15) is 0 Å². The molecule has 0 spiro atoms. The summed E-state index contributed by atoms with van der Waals surface area (Å²) in [5.74, 6) is -1.72. The van der Waals surface area contributed by atoms with Crippen LogP contribution in [0.25, 0.3) is 0 Å². The molecule has 2 aromatic carbocycles. The minimum Gasteiger partial charge on any atom is -0.455 e. The number of anilines is 2. The number of ether oxygens (including phenoxy) is 1. The minimum atomic E-state index is -0.602. The van der Waals surface area contributed by atoms with Gasteiger partial charge in [0.1, 0.15) is 0 Å². The molecule has 1 N–H and O–H groups in total. The fourth-order valence-electron chi connectivity index (χ4n) is 4.16. The summed E-state index contributed by atoms with van der Waals surface area (Å²) >= 11 is 1.48. The van der Waals surface area contributed by atoms with Crippen LogP contribution in [0.1, 0.15) is 46.6 Å². The largest absolute Gasteiger partial charge is 0.455 e. The lowest BCUT2D eigenvalue weighted by Gasteiger charge is -2.39. The second-order valence-corrected chi connectivity index (χ2v) is 9.47. The molecule has 1 fully saturated rings. The fraction of sp³-hybridized carbons (Fsp3) is 0.259. The first-order valence-corrected chi connectivity index (χ1v) is 12.2. The van der Waals surface area contributed by atoms with E-state index in [0.717, 1.165) is 16.1 Å². The molecule has 2 heterocycles. The Morgan fingerprint density at radius 3 is 2.40 bits per heavy atom. The number of nitrogens with one attached hydrogen (secondary N) is 1. The van der Waals surface area contributed by atoms with Crippen LogP contribution in [0.3, 0.4) is 0 Å². The molecule has 0 bridgehead atoms. The molecule has 4 rings (SSSR count). The van der Waals surface area contributed by atoms with Gasteiger partial charge in [0.15, 0.2) is 12.4 Å². The van der Waals surface area contributed by atoms with Crippen molar-refractivity contribution in [2.75, 3.05) is 16.8 Å². The van der Waals surface area contributed by atoms with Gasteiger partial charge in [0, 0.05) is 28.2 Å². The first kappa shape index (κ1) is 24.3. The van der Waals surface area contributed by atoms with Crippen molar-refractivity contribution >= 4 is 46.3 Å². The Morgan fingerprint density at radius 1 is 1.06 bits per heavy atom. The van der Waals surface area contributed by atoms with Gasteiger partial charge in [-0.3, -0.25) is 19.2 Å². The van der Waals surface area contributed by atoms with Gasteiger partial charge in [0.05, 0.1) is 12.0 Å². The van der Waals surface area contributed by atoms with Crippen LogP contribution in [-0.2, 0) is 19.1 Å². The molecule has 0 saturated carbocycles. The Morgan fingerprint density at radius 2 is 1.77 bits per heavy atom. The summed E-state index contributed by atoms with van der Waals surface area (Å²) in [5.41, 5.74) is 2.84. The first-order chi connectivity index (χ1) is 16.8. The average Bonchev–Trinajstić information content (AvgIpc) is 3.38. The summed E-state index contributed by atoms with van der Waals surface area (Å²) in [5, 5.41) is 4.57. The number of Topliss-reactive ketones (excluding diaryl/α,β-unsaturated/α-hetero) is 1. The molecule has 1 saturated heterocycles. The van der Waals surface area contributed by atoms with Crippen molar-refractivity contribution in [3.63, 3.8) is 0 Å². The van der Waals surface area contributed by atoms with Crippen LogP contribution in [0, 0.1) is 12.8 Å². The van der Waals surface area contributed by atoms with E-state index in [1.807, 2.05) is 48.7 Å². The van der Waals surface area contributed by atoms with Crippen molar-refractivity contribution in [2.24, 2.45) is 5.92 Å². The third-order valence-corrected chi connectivity index (χ3v) is 6.91. The van der Waals surface area contributed by atoms with E-state index in [4.69, 9.17) is 4.74 Å². The van der Waals surface area contributed by atoms with E-state index in [1.54, 1.807) is 29.2 Å². The van der Waals surface area contributed by atoms with Crippen LogP contribution in [0.4, 0.5) is 11.4 Å². The van der Waals surface area contributed by atoms with E-state index >= 15 is 0 Å². The predicted octanol–water partition coefficient (Wildman–Crippen LogP) is 4.93. The van der Waals surface area contributed by atoms with E-state index < -0.39 is 30.4 Å². The van der Waals surface area contributed by atoms with Crippen LogP contribution >= 0.6 is 11.3 Å². The van der Waals surface area contributed by atoms with E-state index in [2.05, 4.69) is 5.32 Å². The number of carbonyl (C=O) groups excluding carboxylic acids is 4. The van der Waals surface area contributed by atoms with E-state index in [-0.39, 0.29) is 18.1 Å². The van der Waals surface area contributed by atoms with Gasteiger partial charge in [-0.15, -0.1) is 11.3 Å². The van der Waals surface area contributed by atoms with Crippen molar-refractivity contribution in [2.45, 2.75) is 32.7 Å². The van der Waals surface area contributed by atoms with Crippen molar-refractivity contribution in [1.82, 2.24) is 0 Å². The fourth-order valence-corrected chi connectivity index (χ4v) is 5.04. The summed E-state index contributed by atoms with van der Waals surface area (Å²) in [6, 6.07) is 17.4. The van der Waals surface area contributed by atoms with Crippen molar-refractivity contribution in [3.8, 4) is 0 Å². The molecule has 35 heavy (non-hydrogen) atoms. The number of hydrogen-bond donors (Lipinski definition) is 1. The molecule has 2 amide bonds. The number of carbonyl (C=O) groups is 4. The number of thiophene rings is 1. The van der Waals surface area contributed by atoms with Gasteiger partial charge in [0.25, 0.3) is 5.91 Å². The zero-order valence-corrected chi connectivity index (χ0v) is 20.3. The molecule has 0 aliphatic carbocycles. The highest BCUT2D eigenvalue weighted by Crippen LogP contribution is 2.42. The molecule has 7 nitrogen and oxygen atoms in total. The number of ketones is 1. The molecule has 3 aromatic rings. The molecule has 0 unspecified atom stereocenters. The summed E-state index contributed by atoms with van der Waals surface area (Å²) in [6.07, 6.45) is 0.556. The van der Waals surface area contributed by atoms with Gasteiger partial charge in [0.2, 0.25) is 5.91 Å². The lowest BCUT2D eigenvalue weighted by molar-refractivity contribution is -0.153. The van der Waals surface area contributed by atoms with Crippen LogP contribution in [0.5, 0.6) is 0 Å². The molecule has 0 radical (unpaired) electrons. The first-order valence-electron chi connectivity index (χ1n) is 11.3. The van der Waals surface area contributed by atoms with Gasteiger partial charge in [-0.05, 0) is 68.1 Å². The van der Waals surface area contributed by atoms with E-state index in [1.165, 1.54) is 18.3 Å². The molecule has 1 aliphatic heterocycles. The third-order valence-electron chi connectivity index (χ3n) is 5.97. The molecule has 1 aliphatic rings. The molecule has 1 aromatic heterocycles. The van der Waals surface area contributed by atoms with Gasteiger partial charge in [-0.1, -0.05) is 23.8 Å². The second kappa shape index (κ2) is 10.7. The van der Waals surface area contributed by atoms with Crippen molar-refractivity contribution < 1.29 is 23.9 Å².